The number of carbonyl (C=O) groups excluding carboxylic acids is 1. The summed E-state index contributed by atoms with van der Waals surface area (Å²) in [6.07, 6.45) is 2.35. The molecule has 1 aliphatic heterocycles. The highest BCUT2D eigenvalue weighted by Crippen LogP contribution is 2.11. The lowest BCUT2D eigenvalue weighted by Gasteiger charge is -2.17. The van der Waals surface area contributed by atoms with Gasteiger partial charge in [-0.1, -0.05) is 0 Å². The van der Waals surface area contributed by atoms with E-state index in [-0.39, 0.29) is 5.97 Å². The third-order valence-electron chi connectivity index (χ3n) is 1.71. The van der Waals surface area contributed by atoms with Gasteiger partial charge in [-0.3, -0.25) is 0 Å². The van der Waals surface area contributed by atoms with Crippen LogP contribution >= 0.6 is 0 Å². The fraction of sp³-hybridized carbons (Fsp3) is 0.444. The molecule has 0 bridgehead atoms. The summed E-state index contributed by atoms with van der Waals surface area (Å²) in [5, 5.41) is 11.8. The molecule has 72 valence electrons. The van der Waals surface area contributed by atoms with Crippen LogP contribution in [0.1, 0.15) is 13.8 Å². The Labute approximate surface area is 76.9 Å². The van der Waals surface area contributed by atoms with Crippen LogP contribution in [0.4, 0.5) is 0 Å². The molecule has 1 unspecified atom stereocenters. The molecule has 13 heavy (non-hydrogen) atoms. The maximum absolute atomic E-state index is 11.3. The molecule has 0 saturated heterocycles. The van der Waals surface area contributed by atoms with E-state index in [2.05, 4.69) is 5.32 Å². The van der Waals surface area contributed by atoms with E-state index >= 15 is 0 Å². The van der Waals surface area contributed by atoms with Crippen LogP contribution in [-0.2, 0) is 9.53 Å². The zero-order valence-electron chi connectivity index (χ0n) is 7.70. The number of esters is 1. The summed E-state index contributed by atoms with van der Waals surface area (Å²) in [5.41, 5.74) is 1.10. The van der Waals surface area contributed by atoms with Gasteiger partial charge in [0.2, 0.25) is 0 Å². The van der Waals surface area contributed by atoms with Gasteiger partial charge in [0.1, 0.15) is 6.23 Å². The predicted octanol–water partition coefficient (Wildman–Crippen LogP) is 0.301. The Kier molecular flexibility index (Phi) is 3.08. The summed E-state index contributed by atoms with van der Waals surface area (Å²) >= 11 is 0. The SMILES string of the molecule is CCOC(=O)C1=C(C)NC(O)C=C1. The quantitative estimate of drug-likeness (QED) is 0.604. The van der Waals surface area contributed by atoms with Crippen molar-refractivity contribution in [1.82, 2.24) is 5.32 Å². The first-order valence-electron chi connectivity index (χ1n) is 4.16. The van der Waals surface area contributed by atoms with Crippen molar-refractivity contribution >= 4 is 5.97 Å². The van der Waals surface area contributed by atoms with Crippen LogP contribution in [-0.4, -0.2) is 23.9 Å². The Hall–Kier alpha value is -1.29. The third-order valence-corrected chi connectivity index (χ3v) is 1.71. The standard InChI is InChI=1S/C9H13NO3/c1-3-13-9(12)7-4-5-8(11)10-6(7)2/h4-5,8,10-11H,3H2,1-2H3. The van der Waals surface area contributed by atoms with Crippen molar-refractivity contribution < 1.29 is 14.6 Å². The molecular formula is C9H13NO3. The van der Waals surface area contributed by atoms with E-state index in [0.717, 1.165) is 0 Å². The molecular weight excluding hydrogens is 170 g/mol. The van der Waals surface area contributed by atoms with Gasteiger partial charge in [-0.15, -0.1) is 0 Å². The smallest absolute Gasteiger partial charge is 0.339 e. The summed E-state index contributed by atoms with van der Waals surface area (Å²) < 4.78 is 4.82. The number of rotatable bonds is 2. The predicted molar refractivity (Wildman–Crippen MR) is 47.6 cm³/mol. The van der Waals surface area contributed by atoms with E-state index in [4.69, 9.17) is 9.84 Å². The van der Waals surface area contributed by atoms with Crippen molar-refractivity contribution in [1.29, 1.82) is 0 Å². The van der Waals surface area contributed by atoms with E-state index in [1.54, 1.807) is 19.9 Å². The van der Waals surface area contributed by atoms with Gasteiger partial charge < -0.3 is 15.2 Å². The minimum absolute atomic E-state index is 0.353. The van der Waals surface area contributed by atoms with E-state index < -0.39 is 6.23 Å². The summed E-state index contributed by atoms with van der Waals surface area (Å²) in [4.78, 5) is 11.3. The first kappa shape index (κ1) is 9.80. The second-order valence-corrected chi connectivity index (χ2v) is 2.71. The number of nitrogens with one attached hydrogen (secondary N) is 1. The number of aliphatic hydroxyl groups is 1. The highest BCUT2D eigenvalue weighted by molar-refractivity contribution is 5.92. The van der Waals surface area contributed by atoms with Gasteiger partial charge in [0.05, 0.1) is 12.2 Å². The topological polar surface area (TPSA) is 58.6 Å². The van der Waals surface area contributed by atoms with Gasteiger partial charge in [-0.2, -0.15) is 0 Å². The van der Waals surface area contributed by atoms with Crippen molar-refractivity contribution in [2.24, 2.45) is 0 Å². The first-order valence-corrected chi connectivity index (χ1v) is 4.16. The second-order valence-electron chi connectivity index (χ2n) is 2.71. The molecule has 1 atom stereocenters. The summed E-state index contributed by atoms with van der Waals surface area (Å²) in [7, 11) is 0. The maximum atomic E-state index is 11.3. The summed E-state index contributed by atoms with van der Waals surface area (Å²) in [6, 6.07) is 0. The van der Waals surface area contributed by atoms with Crippen LogP contribution in [0.5, 0.6) is 0 Å². The van der Waals surface area contributed by atoms with E-state index in [1.807, 2.05) is 0 Å². The van der Waals surface area contributed by atoms with Gasteiger partial charge in [-0.05, 0) is 26.0 Å². The van der Waals surface area contributed by atoms with Crippen molar-refractivity contribution in [3.05, 3.63) is 23.4 Å². The van der Waals surface area contributed by atoms with Crippen molar-refractivity contribution in [2.45, 2.75) is 20.1 Å². The molecule has 0 radical (unpaired) electrons. The van der Waals surface area contributed by atoms with E-state index in [9.17, 15) is 4.79 Å². The third kappa shape index (κ3) is 2.32. The van der Waals surface area contributed by atoms with Crippen LogP contribution < -0.4 is 5.32 Å². The van der Waals surface area contributed by atoms with Crippen LogP contribution in [0, 0.1) is 0 Å². The molecule has 1 aliphatic rings. The number of hydrogen-bond acceptors (Lipinski definition) is 4. The van der Waals surface area contributed by atoms with Gasteiger partial charge in [0.25, 0.3) is 0 Å². The molecule has 0 aromatic heterocycles. The largest absolute Gasteiger partial charge is 0.462 e. The van der Waals surface area contributed by atoms with Crippen LogP contribution in [0.15, 0.2) is 23.4 Å². The Morgan fingerprint density at radius 1 is 1.77 bits per heavy atom. The Morgan fingerprint density at radius 3 is 3.00 bits per heavy atom. The van der Waals surface area contributed by atoms with Crippen LogP contribution in [0.3, 0.4) is 0 Å². The number of allylic oxidation sites excluding steroid dienone is 1. The minimum atomic E-state index is -0.710. The average Bonchev–Trinajstić information content (AvgIpc) is 2.04. The normalized spacial score (nSPS) is 21.3. The van der Waals surface area contributed by atoms with Gasteiger partial charge in [0.15, 0.2) is 0 Å². The number of dihydropyridines is 1. The van der Waals surface area contributed by atoms with Gasteiger partial charge >= 0.3 is 5.97 Å². The monoisotopic (exact) mass is 183 g/mol. The minimum Gasteiger partial charge on any atom is -0.462 e. The van der Waals surface area contributed by atoms with Crippen LogP contribution in [0.2, 0.25) is 0 Å². The molecule has 0 spiro atoms. The second kappa shape index (κ2) is 4.09. The summed E-state index contributed by atoms with van der Waals surface area (Å²) in [6.45, 7) is 3.83. The summed E-state index contributed by atoms with van der Waals surface area (Å²) in [5.74, 6) is -0.365. The molecule has 0 aliphatic carbocycles. The highest BCUT2D eigenvalue weighted by atomic mass is 16.5. The number of ether oxygens (including phenoxy) is 1. The first-order chi connectivity index (χ1) is 6.15. The average molecular weight is 183 g/mol. The molecule has 0 aromatic carbocycles. The Balaban J connectivity index is 2.75. The van der Waals surface area contributed by atoms with Crippen molar-refractivity contribution in [3.63, 3.8) is 0 Å². The lowest BCUT2D eigenvalue weighted by molar-refractivity contribution is -0.138. The molecule has 4 nitrogen and oxygen atoms in total. The Morgan fingerprint density at radius 2 is 2.46 bits per heavy atom. The fourth-order valence-corrected chi connectivity index (χ4v) is 1.09. The zero-order valence-corrected chi connectivity index (χ0v) is 7.70. The van der Waals surface area contributed by atoms with Crippen LogP contribution in [0.25, 0.3) is 0 Å². The Bertz CT molecular complexity index is 268. The number of hydrogen-bond donors (Lipinski definition) is 2. The molecule has 1 rings (SSSR count). The zero-order chi connectivity index (χ0) is 9.84. The van der Waals surface area contributed by atoms with Crippen molar-refractivity contribution in [2.75, 3.05) is 6.61 Å². The van der Waals surface area contributed by atoms with Gasteiger partial charge in [0, 0.05) is 5.70 Å². The molecule has 2 N–H and O–H groups in total. The molecule has 1 heterocycles. The molecule has 0 fully saturated rings. The van der Waals surface area contributed by atoms with Crippen molar-refractivity contribution in [3.8, 4) is 0 Å². The number of aliphatic hydroxyl groups excluding tert-OH is 1. The number of carbonyl (C=O) groups is 1. The van der Waals surface area contributed by atoms with E-state index in [0.29, 0.717) is 17.9 Å². The van der Waals surface area contributed by atoms with E-state index in [1.165, 1.54) is 6.08 Å². The highest BCUT2D eigenvalue weighted by Gasteiger charge is 2.16. The molecule has 0 aromatic rings. The molecule has 0 saturated carbocycles. The lowest BCUT2D eigenvalue weighted by atomic mass is 10.1. The fourth-order valence-electron chi connectivity index (χ4n) is 1.09. The molecule has 0 amide bonds. The lowest BCUT2D eigenvalue weighted by Crippen LogP contribution is -2.30. The maximum Gasteiger partial charge on any atom is 0.339 e. The van der Waals surface area contributed by atoms with Gasteiger partial charge in [-0.25, -0.2) is 4.79 Å². The molecule has 4 heteroatoms.